The highest BCUT2D eigenvalue weighted by atomic mass is 32.2. The molecule has 3 aromatic rings. The van der Waals surface area contributed by atoms with Crippen LogP contribution in [0, 0.1) is 6.92 Å². The van der Waals surface area contributed by atoms with E-state index in [1.165, 1.54) is 11.8 Å². The van der Waals surface area contributed by atoms with Crippen molar-refractivity contribution in [3.8, 4) is 0 Å². The van der Waals surface area contributed by atoms with Crippen LogP contribution >= 0.6 is 11.8 Å². The smallest absolute Gasteiger partial charge is 0.230 e. The number of hydrogen-bond acceptors (Lipinski definition) is 5. The third-order valence-corrected chi connectivity index (χ3v) is 4.65. The molecule has 0 aliphatic heterocycles. The Labute approximate surface area is 145 Å². The number of aryl methyl sites for hydroxylation is 1. The number of para-hydroxylation sites is 1. The first-order chi connectivity index (χ1) is 11.6. The molecule has 0 aliphatic rings. The monoisotopic (exact) mass is 343 g/mol. The third-order valence-electron chi connectivity index (χ3n) is 3.72. The van der Waals surface area contributed by atoms with Gasteiger partial charge in [-0.3, -0.25) is 4.79 Å². The number of nitrogens with zero attached hydrogens (tertiary/aromatic N) is 4. The van der Waals surface area contributed by atoms with Gasteiger partial charge in [0.05, 0.1) is 11.3 Å². The number of carbonyl (C=O) groups is 1. The van der Waals surface area contributed by atoms with Gasteiger partial charge in [-0.15, -0.1) is 5.10 Å². The highest BCUT2D eigenvalue weighted by molar-refractivity contribution is 7.99. The molecule has 0 saturated heterocycles. The Morgan fingerprint density at radius 1 is 1.33 bits per heavy atom. The van der Waals surface area contributed by atoms with Crippen molar-refractivity contribution < 1.29 is 4.79 Å². The largest absolute Gasteiger partial charge is 0.353 e. The summed E-state index contributed by atoms with van der Waals surface area (Å²) in [4.78, 5) is 21.2. The quantitative estimate of drug-likeness (QED) is 0.550. The molecule has 0 fully saturated rings. The number of carbonyl (C=O) groups excluding carboxylic acids is 1. The van der Waals surface area contributed by atoms with E-state index in [1.54, 1.807) is 4.52 Å². The Balaban J connectivity index is 1.84. The summed E-state index contributed by atoms with van der Waals surface area (Å²) in [6, 6.07) is 8.04. The number of amides is 1. The van der Waals surface area contributed by atoms with Gasteiger partial charge >= 0.3 is 0 Å². The first kappa shape index (κ1) is 16.7. The number of aromatic nitrogens is 4. The molecule has 126 valence electrons. The van der Waals surface area contributed by atoms with Crippen molar-refractivity contribution >= 4 is 34.2 Å². The zero-order valence-electron chi connectivity index (χ0n) is 14.1. The SMILES string of the molecule is CCCC(C)NC(=O)CSc1nc2ccccc2c2nc(C)nn12. The summed E-state index contributed by atoms with van der Waals surface area (Å²) in [6.45, 7) is 5.99. The van der Waals surface area contributed by atoms with Gasteiger partial charge in [-0.05, 0) is 32.4 Å². The van der Waals surface area contributed by atoms with Crippen molar-refractivity contribution in [3.63, 3.8) is 0 Å². The van der Waals surface area contributed by atoms with Gasteiger partial charge in [0.1, 0.15) is 5.82 Å². The Hall–Kier alpha value is -2.15. The van der Waals surface area contributed by atoms with E-state index >= 15 is 0 Å². The minimum Gasteiger partial charge on any atom is -0.353 e. The number of benzene rings is 1. The van der Waals surface area contributed by atoms with Crippen LogP contribution < -0.4 is 5.32 Å². The van der Waals surface area contributed by atoms with Crippen molar-refractivity contribution in [2.75, 3.05) is 5.75 Å². The molecule has 1 unspecified atom stereocenters. The van der Waals surface area contributed by atoms with Crippen molar-refractivity contribution in [1.29, 1.82) is 0 Å². The van der Waals surface area contributed by atoms with Crippen LogP contribution in [0.1, 0.15) is 32.5 Å². The lowest BCUT2D eigenvalue weighted by molar-refractivity contribution is -0.119. The van der Waals surface area contributed by atoms with Gasteiger partial charge < -0.3 is 5.32 Å². The summed E-state index contributed by atoms with van der Waals surface area (Å²) in [6.07, 6.45) is 2.04. The average molecular weight is 343 g/mol. The van der Waals surface area contributed by atoms with E-state index in [0.717, 1.165) is 29.4 Å². The van der Waals surface area contributed by atoms with Crippen molar-refractivity contribution in [2.24, 2.45) is 0 Å². The van der Waals surface area contributed by atoms with Gasteiger partial charge in [-0.2, -0.15) is 4.52 Å². The maximum Gasteiger partial charge on any atom is 0.230 e. The lowest BCUT2D eigenvalue weighted by atomic mass is 10.2. The molecule has 6 nitrogen and oxygen atoms in total. The molecule has 0 bridgehead atoms. The second-order valence-corrected chi connectivity index (χ2v) is 6.79. The number of hydrogen-bond donors (Lipinski definition) is 1. The molecule has 3 rings (SSSR count). The zero-order chi connectivity index (χ0) is 17.1. The predicted octanol–water partition coefficient (Wildman–Crippen LogP) is 2.98. The standard InChI is InChI=1S/C17H21N5OS/c1-4-7-11(2)18-15(23)10-24-17-20-14-9-6-5-8-13(14)16-19-12(3)21-22(16)17/h5-6,8-9,11H,4,7,10H2,1-3H3,(H,18,23). The number of fused-ring (bicyclic) bond motifs is 3. The number of thioether (sulfide) groups is 1. The second kappa shape index (κ2) is 7.17. The molecule has 1 amide bonds. The maximum absolute atomic E-state index is 12.1. The molecule has 7 heteroatoms. The lowest BCUT2D eigenvalue weighted by Crippen LogP contribution is -2.33. The summed E-state index contributed by atoms with van der Waals surface area (Å²) >= 11 is 1.38. The lowest BCUT2D eigenvalue weighted by Gasteiger charge is -2.12. The summed E-state index contributed by atoms with van der Waals surface area (Å²) < 4.78 is 1.73. The Morgan fingerprint density at radius 3 is 2.92 bits per heavy atom. The van der Waals surface area contributed by atoms with Crippen molar-refractivity contribution in [3.05, 3.63) is 30.1 Å². The van der Waals surface area contributed by atoms with E-state index < -0.39 is 0 Å². The topological polar surface area (TPSA) is 72.2 Å². The molecule has 0 spiro atoms. The normalized spacial score (nSPS) is 12.6. The summed E-state index contributed by atoms with van der Waals surface area (Å²) in [5.74, 6) is 1.02. The summed E-state index contributed by atoms with van der Waals surface area (Å²) in [5, 5.41) is 9.08. The highest BCUT2D eigenvalue weighted by Gasteiger charge is 2.14. The minimum absolute atomic E-state index is 0.0147. The van der Waals surface area contributed by atoms with Crippen LogP contribution in [0.25, 0.3) is 16.6 Å². The van der Waals surface area contributed by atoms with Crippen molar-refractivity contribution in [1.82, 2.24) is 24.9 Å². The van der Waals surface area contributed by atoms with Gasteiger partial charge in [0.15, 0.2) is 10.8 Å². The van der Waals surface area contributed by atoms with Crippen LogP contribution in [0.4, 0.5) is 0 Å². The Bertz CT molecular complexity index is 876. The minimum atomic E-state index is 0.0147. The molecule has 0 radical (unpaired) electrons. The fraction of sp³-hybridized carbons (Fsp3) is 0.412. The molecule has 1 N–H and O–H groups in total. The van der Waals surface area contributed by atoms with Crippen LogP contribution in [-0.4, -0.2) is 37.3 Å². The van der Waals surface area contributed by atoms with Crippen LogP contribution in [-0.2, 0) is 4.79 Å². The fourth-order valence-electron chi connectivity index (χ4n) is 2.68. The maximum atomic E-state index is 12.1. The van der Waals surface area contributed by atoms with Crippen LogP contribution in [0.15, 0.2) is 29.4 Å². The third kappa shape index (κ3) is 3.51. The van der Waals surface area contributed by atoms with E-state index in [-0.39, 0.29) is 11.9 Å². The fourth-order valence-corrected chi connectivity index (χ4v) is 3.43. The first-order valence-electron chi connectivity index (χ1n) is 8.12. The van der Waals surface area contributed by atoms with E-state index in [0.29, 0.717) is 16.7 Å². The van der Waals surface area contributed by atoms with Crippen molar-refractivity contribution in [2.45, 2.75) is 44.8 Å². The molecular weight excluding hydrogens is 322 g/mol. The molecular formula is C17H21N5OS. The van der Waals surface area contributed by atoms with Gasteiger partial charge in [0, 0.05) is 11.4 Å². The van der Waals surface area contributed by atoms with Gasteiger partial charge in [-0.25, -0.2) is 9.97 Å². The Morgan fingerprint density at radius 2 is 2.12 bits per heavy atom. The molecule has 2 aromatic heterocycles. The first-order valence-corrected chi connectivity index (χ1v) is 9.11. The zero-order valence-corrected chi connectivity index (χ0v) is 14.9. The molecule has 24 heavy (non-hydrogen) atoms. The summed E-state index contributed by atoms with van der Waals surface area (Å²) in [5.41, 5.74) is 1.64. The number of rotatable bonds is 6. The molecule has 2 heterocycles. The van der Waals surface area contributed by atoms with Crippen LogP contribution in [0.5, 0.6) is 0 Å². The predicted molar refractivity (Wildman–Crippen MR) is 96.3 cm³/mol. The van der Waals surface area contributed by atoms with E-state index in [2.05, 4.69) is 27.3 Å². The van der Waals surface area contributed by atoms with Crippen LogP contribution in [0.3, 0.4) is 0 Å². The molecule has 1 atom stereocenters. The molecule has 0 aliphatic carbocycles. The van der Waals surface area contributed by atoms with Gasteiger partial charge in [0.2, 0.25) is 5.91 Å². The van der Waals surface area contributed by atoms with Gasteiger partial charge in [0.25, 0.3) is 0 Å². The van der Waals surface area contributed by atoms with E-state index in [9.17, 15) is 4.79 Å². The second-order valence-electron chi connectivity index (χ2n) is 5.85. The molecule has 0 saturated carbocycles. The highest BCUT2D eigenvalue weighted by Crippen LogP contribution is 2.23. The average Bonchev–Trinajstić information content (AvgIpc) is 2.94. The molecule has 1 aromatic carbocycles. The van der Waals surface area contributed by atoms with Crippen LogP contribution in [0.2, 0.25) is 0 Å². The van der Waals surface area contributed by atoms with E-state index in [4.69, 9.17) is 0 Å². The number of nitrogens with one attached hydrogen (secondary N) is 1. The van der Waals surface area contributed by atoms with E-state index in [1.807, 2.05) is 38.1 Å². The Kier molecular flexibility index (Phi) is 4.99. The summed E-state index contributed by atoms with van der Waals surface area (Å²) in [7, 11) is 0. The van der Waals surface area contributed by atoms with Gasteiger partial charge in [-0.1, -0.05) is 37.2 Å².